The Labute approximate surface area is 223 Å². The Balaban J connectivity index is 1.40. The van der Waals surface area contributed by atoms with Crippen molar-refractivity contribution >= 4 is 66.6 Å². The van der Waals surface area contributed by atoms with Gasteiger partial charge in [0.2, 0.25) is 0 Å². The number of Topliss-reactive ketones (excluding diaryl/α,β-unsaturated/α-hetero) is 2. The first-order chi connectivity index (χ1) is 17.7. The summed E-state index contributed by atoms with van der Waals surface area (Å²) >= 11 is 12.3. The minimum Gasteiger partial charge on any atom is -0.380 e. The van der Waals surface area contributed by atoms with Gasteiger partial charge in [0, 0.05) is 16.5 Å². The number of fused-ring (bicyclic) bond motifs is 3. The fraction of sp³-hybridized carbons (Fsp3) is 0.250. The highest BCUT2D eigenvalue weighted by atomic mass is 35.5. The van der Waals surface area contributed by atoms with Gasteiger partial charge in [-0.1, -0.05) is 60.7 Å². The van der Waals surface area contributed by atoms with Gasteiger partial charge in [0.25, 0.3) is 0 Å². The number of aromatic nitrogens is 1. The molecule has 188 valence electrons. The number of benzene rings is 3. The van der Waals surface area contributed by atoms with E-state index in [1.165, 1.54) is 0 Å². The third-order valence-corrected chi connectivity index (χ3v) is 9.66. The van der Waals surface area contributed by atoms with Crippen molar-refractivity contribution in [3.63, 3.8) is 0 Å². The number of hydrogen-bond acceptors (Lipinski definition) is 6. The van der Waals surface area contributed by atoms with Crippen LogP contribution in [-0.4, -0.2) is 30.2 Å². The van der Waals surface area contributed by atoms with E-state index < -0.39 is 21.3 Å². The molecule has 1 saturated carbocycles. The fourth-order valence-electron chi connectivity index (χ4n) is 5.31. The minimum absolute atomic E-state index is 0.0929. The first-order valence-electron chi connectivity index (χ1n) is 12.1. The number of carbonyl (C=O) groups excluding carboxylic acids is 2. The molecule has 6 nitrogen and oxygen atoms in total. The number of rotatable bonds is 4. The lowest BCUT2D eigenvalue weighted by atomic mass is 9.98. The smallest absolute Gasteiger partial charge is 0.312 e. The zero-order valence-corrected chi connectivity index (χ0v) is 21.9. The van der Waals surface area contributed by atoms with Crippen molar-refractivity contribution in [3.8, 4) is 5.75 Å². The molecular formula is C28H21Cl2NO5S. The van der Waals surface area contributed by atoms with Gasteiger partial charge < -0.3 is 4.18 Å². The van der Waals surface area contributed by atoms with Gasteiger partial charge in [-0.15, -0.1) is 0 Å². The average Bonchev–Trinajstić information content (AvgIpc) is 3.12. The molecule has 4 aromatic rings. The summed E-state index contributed by atoms with van der Waals surface area (Å²) in [5.74, 6) is -1.78. The van der Waals surface area contributed by atoms with Crippen molar-refractivity contribution in [2.24, 2.45) is 0 Å². The molecule has 0 amide bonds. The largest absolute Gasteiger partial charge is 0.380 e. The van der Waals surface area contributed by atoms with Gasteiger partial charge in [-0.05, 0) is 60.0 Å². The predicted octanol–water partition coefficient (Wildman–Crippen LogP) is 6.90. The molecule has 0 aliphatic heterocycles. The van der Waals surface area contributed by atoms with E-state index in [0.717, 1.165) is 19.3 Å². The van der Waals surface area contributed by atoms with Crippen molar-refractivity contribution in [2.75, 3.05) is 0 Å². The maximum Gasteiger partial charge on any atom is 0.312 e. The van der Waals surface area contributed by atoms with E-state index in [9.17, 15) is 18.0 Å². The molecule has 1 fully saturated rings. The van der Waals surface area contributed by atoms with Gasteiger partial charge in [-0.2, -0.15) is 8.42 Å². The van der Waals surface area contributed by atoms with Gasteiger partial charge in [0.15, 0.2) is 17.3 Å². The molecule has 6 rings (SSSR count). The maximum atomic E-state index is 13.4. The Morgan fingerprint density at radius 1 is 0.784 bits per heavy atom. The summed E-state index contributed by atoms with van der Waals surface area (Å²) in [6.45, 7) is 0. The molecular weight excluding hydrogens is 533 g/mol. The van der Waals surface area contributed by atoms with E-state index in [2.05, 4.69) is 4.98 Å². The van der Waals surface area contributed by atoms with Gasteiger partial charge >= 0.3 is 10.1 Å². The molecule has 0 radical (unpaired) electrons. The minimum atomic E-state index is -3.85. The Kier molecular flexibility index (Phi) is 5.97. The quantitative estimate of drug-likeness (QED) is 0.201. The summed E-state index contributed by atoms with van der Waals surface area (Å²) in [6.07, 6.45) is 3.86. The molecule has 9 heteroatoms. The van der Waals surface area contributed by atoms with E-state index in [1.54, 1.807) is 54.6 Å². The lowest BCUT2D eigenvalue weighted by molar-refractivity contribution is 0.0888. The van der Waals surface area contributed by atoms with Crippen molar-refractivity contribution in [3.05, 3.63) is 81.5 Å². The van der Waals surface area contributed by atoms with Crippen molar-refractivity contribution in [2.45, 2.75) is 43.3 Å². The van der Waals surface area contributed by atoms with Crippen LogP contribution in [0.25, 0.3) is 21.7 Å². The van der Waals surface area contributed by atoms with E-state index in [1.807, 2.05) is 0 Å². The zero-order valence-electron chi connectivity index (χ0n) is 19.5. The van der Waals surface area contributed by atoms with E-state index >= 15 is 0 Å². The standard InChI is InChI=1S/C28H21Cl2NO5S/c29-21-13-16-11-19-20(12-17(16)14-22(21)30)28(33)25(27(19)32)23-10-9-15-5-4-8-24(26(15)31-23)36-37(34,35)18-6-2-1-3-7-18/h4-5,8-14,18,25H,1-3,6-7H2. The van der Waals surface area contributed by atoms with Crippen LogP contribution in [-0.2, 0) is 10.1 Å². The highest BCUT2D eigenvalue weighted by molar-refractivity contribution is 7.87. The normalized spacial score (nSPS) is 17.0. The number of pyridine rings is 1. The summed E-state index contributed by atoms with van der Waals surface area (Å²) in [7, 11) is -3.85. The van der Waals surface area contributed by atoms with E-state index in [0.29, 0.717) is 55.7 Å². The van der Waals surface area contributed by atoms with Gasteiger partial charge in [0.05, 0.1) is 21.0 Å². The third kappa shape index (κ3) is 4.19. The summed E-state index contributed by atoms with van der Waals surface area (Å²) in [6, 6.07) is 15.0. The van der Waals surface area contributed by atoms with Crippen LogP contribution < -0.4 is 4.18 Å². The summed E-state index contributed by atoms with van der Waals surface area (Å²) < 4.78 is 31.5. The van der Waals surface area contributed by atoms with Crippen LogP contribution in [0.1, 0.15) is 64.4 Å². The number of halogens is 2. The van der Waals surface area contributed by atoms with Crippen LogP contribution in [0.4, 0.5) is 0 Å². The highest BCUT2D eigenvalue weighted by Gasteiger charge is 2.41. The zero-order chi connectivity index (χ0) is 25.9. The van der Waals surface area contributed by atoms with Crippen LogP contribution in [0.3, 0.4) is 0 Å². The molecule has 0 N–H and O–H groups in total. The number of para-hydroxylation sites is 1. The van der Waals surface area contributed by atoms with E-state index in [4.69, 9.17) is 27.4 Å². The lowest BCUT2D eigenvalue weighted by Crippen LogP contribution is -2.28. The molecule has 2 aliphatic rings. The molecule has 3 aromatic carbocycles. The Bertz CT molecular complexity index is 1670. The molecule has 0 saturated heterocycles. The Hall–Kier alpha value is -3.00. The molecule has 1 aromatic heterocycles. The lowest BCUT2D eigenvalue weighted by Gasteiger charge is -2.21. The molecule has 37 heavy (non-hydrogen) atoms. The second kappa shape index (κ2) is 9.08. The predicted molar refractivity (Wildman–Crippen MR) is 144 cm³/mol. The molecule has 0 spiro atoms. The molecule has 1 heterocycles. The first kappa shape index (κ1) is 24.3. The highest BCUT2D eigenvalue weighted by Crippen LogP contribution is 2.39. The van der Waals surface area contributed by atoms with Crippen molar-refractivity contribution < 1.29 is 22.2 Å². The summed E-state index contributed by atoms with van der Waals surface area (Å²) in [4.78, 5) is 31.4. The van der Waals surface area contributed by atoms with Crippen LogP contribution in [0.2, 0.25) is 10.0 Å². The van der Waals surface area contributed by atoms with Crippen LogP contribution in [0, 0.1) is 0 Å². The summed E-state index contributed by atoms with van der Waals surface area (Å²) in [5, 5.41) is 2.20. The topological polar surface area (TPSA) is 90.4 Å². The Morgan fingerprint density at radius 2 is 1.41 bits per heavy atom. The molecule has 0 unspecified atom stereocenters. The first-order valence-corrected chi connectivity index (χ1v) is 14.3. The average molecular weight is 554 g/mol. The second-order valence-corrected chi connectivity index (χ2v) is 12.2. The number of nitrogens with zero attached hydrogens (tertiary/aromatic N) is 1. The monoisotopic (exact) mass is 553 g/mol. The molecule has 0 atom stereocenters. The van der Waals surface area contributed by atoms with Gasteiger partial charge in [-0.25, -0.2) is 4.98 Å². The second-order valence-electron chi connectivity index (χ2n) is 9.57. The molecule has 0 bridgehead atoms. The summed E-state index contributed by atoms with van der Waals surface area (Å²) in [5.41, 5.74) is 1.13. The third-order valence-electron chi connectivity index (χ3n) is 7.24. The van der Waals surface area contributed by atoms with Crippen molar-refractivity contribution in [1.29, 1.82) is 0 Å². The molecule has 2 aliphatic carbocycles. The van der Waals surface area contributed by atoms with E-state index in [-0.39, 0.29) is 23.0 Å². The van der Waals surface area contributed by atoms with Crippen LogP contribution >= 0.6 is 23.2 Å². The van der Waals surface area contributed by atoms with Crippen LogP contribution in [0.15, 0.2) is 54.6 Å². The number of ketones is 2. The van der Waals surface area contributed by atoms with Crippen LogP contribution in [0.5, 0.6) is 5.75 Å². The number of hydrogen-bond donors (Lipinski definition) is 0. The number of carbonyl (C=O) groups is 2. The van der Waals surface area contributed by atoms with Gasteiger partial charge in [-0.3, -0.25) is 9.59 Å². The fourth-order valence-corrected chi connectivity index (χ4v) is 7.09. The van der Waals surface area contributed by atoms with Crippen molar-refractivity contribution in [1.82, 2.24) is 4.98 Å². The Morgan fingerprint density at radius 3 is 2.03 bits per heavy atom. The SMILES string of the molecule is O=C1c2cc3cc(Cl)c(Cl)cc3cc2C(=O)C1c1ccc2cccc(OS(=O)(=O)C3CCCCC3)c2n1. The maximum absolute atomic E-state index is 13.4. The van der Waals surface area contributed by atoms with Gasteiger partial charge in [0.1, 0.15) is 11.4 Å².